The third-order valence-corrected chi connectivity index (χ3v) is 5.07. The smallest absolute Gasteiger partial charge is 0.278 e. The molecule has 130 valence electrons. The van der Waals surface area contributed by atoms with Crippen LogP contribution in [0, 0.1) is 10.1 Å². The Labute approximate surface area is 144 Å². The number of hydrogen-bond donors (Lipinski definition) is 2. The zero-order valence-electron chi connectivity index (χ0n) is 13.2. The molecule has 2 rings (SSSR count). The second-order valence-corrected chi connectivity index (χ2v) is 8.24. The molecular weight excluding hydrogens is 350 g/mol. The SMILES string of the molecule is CS(=O)(=O)NCCCNCc1ccc(-c2ccccc2[N+](=O)[O-])s1. The van der Waals surface area contributed by atoms with Crippen molar-refractivity contribution in [2.45, 2.75) is 13.0 Å². The maximum Gasteiger partial charge on any atom is 0.278 e. The van der Waals surface area contributed by atoms with Crippen LogP contribution < -0.4 is 10.0 Å². The van der Waals surface area contributed by atoms with E-state index in [-0.39, 0.29) is 10.6 Å². The molecule has 7 nitrogen and oxygen atoms in total. The summed E-state index contributed by atoms with van der Waals surface area (Å²) in [5.74, 6) is 0. The Kier molecular flexibility index (Phi) is 6.44. The van der Waals surface area contributed by atoms with E-state index in [0.717, 1.165) is 16.0 Å². The molecule has 0 aliphatic carbocycles. The number of benzene rings is 1. The van der Waals surface area contributed by atoms with Gasteiger partial charge in [0.15, 0.2) is 0 Å². The molecule has 0 aliphatic rings. The molecule has 1 aromatic carbocycles. The quantitative estimate of drug-likeness (QED) is 0.401. The van der Waals surface area contributed by atoms with Gasteiger partial charge in [0.2, 0.25) is 10.0 Å². The largest absolute Gasteiger partial charge is 0.312 e. The van der Waals surface area contributed by atoms with Crippen molar-refractivity contribution in [3.05, 3.63) is 51.4 Å². The molecular formula is C15H19N3O4S2. The highest BCUT2D eigenvalue weighted by molar-refractivity contribution is 7.88. The van der Waals surface area contributed by atoms with E-state index in [4.69, 9.17) is 0 Å². The molecule has 2 N–H and O–H groups in total. The molecule has 0 bridgehead atoms. The number of nitro groups is 1. The monoisotopic (exact) mass is 369 g/mol. The molecule has 1 heterocycles. The van der Waals surface area contributed by atoms with E-state index in [1.165, 1.54) is 17.4 Å². The van der Waals surface area contributed by atoms with Crippen molar-refractivity contribution in [2.75, 3.05) is 19.3 Å². The van der Waals surface area contributed by atoms with Crippen LogP contribution in [0.1, 0.15) is 11.3 Å². The highest BCUT2D eigenvalue weighted by Crippen LogP contribution is 2.34. The minimum Gasteiger partial charge on any atom is -0.312 e. The molecule has 2 aromatic rings. The van der Waals surface area contributed by atoms with E-state index in [1.54, 1.807) is 18.2 Å². The Morgan fingerprint density at radius 1 is 1.17 bits per heavy atom. The number of para-hydroxylation sites is 1. The molecule has 9 heteroatoms. The first-order valence-electron chi connectivity index (χ1n) is 7.34. The summed E-state index contributed by atoms with van der Waals surface area (Å²) in [6.45, 7) is 1.73. The van der Waals surface area contributed by atoms with Crippen LogP contribution in [0.15, 0.2) is 36.4 Å². The van der Waals surface area contributed by atoms with Crippen molar-refractivity contribution in [2.24, 2.45) is 0 Å². The van der Waals surface area contributed by atoms with E-state index >= 15 is 0 Å². The van der Waals surface area contributed by atoms with Crippen LogP contribution >= 0.6 is 11.3 Å². The first-order chi connectivity index (χ1) is 11.4. The third-order valence-electron chi connectivity index (χ3n) is 3.22. The van der Waals surface area contributed by atoms with Gasteiger partial charge in [-0.25, -0.2) is 13.1 Å². The van der Waals surface area contributed by atoms with Gasteiger partial charge in [-0.2, -0.15) is 0 Å². The summed E-state index contributed by atoms with van der Waals surface area (Å²) in [6.07, 6.45) is 1.83. The number of rotatable bonds is 9. The van der Waals surface area contributed by atoms with Gasteiger partial charge in [0, 0.05) is 28.9 Å². The summed E-state index contributed by atoms with van der Waals surface area (Å²) in [7, 11) is -3.13. The van der Waals surface area contributed by atoms with E-state index < -0.39 is 10.0 Å². The Balaban J connectivity index is 1.87. The number of nitrogens with one attached hydrogen (secondary N) is 2. The second-order valence-electron chi connectivity index (χ2n) is 5.24. The average molecular weight is 369 g/mol. The predicted molar refractivity (Wildman–Crippen MR) is 95.6 cm³/mol. The van der Waals surface area contributed by atoms with Crippen molar-refractivity contribution in [3.63, 3.8) is 0 Å². The molecule has 0 unspecified atom stereocenters. The molecule has 0 atom stereocenters. The lowest BCUT2D eigenvalue weighted by Gasteiger charge is -2.04. The van der Waals surface area contributed by atoms with Crippen molar-refractivity contribution >= 4 is 27.0 Å². The Morgan fingerprint density at radius 2 is 1.92 bits per heavy atom. The van der Waals surface area contributed by atoms with Gasteiger partial charge in [-0.1, -0.05) is 12.1 Å². The molecule has 0 spiro atoms. The lowest BCUT2D eigenvalue weighted by atomic mass is 10.1. The molecule has 0 radical (unpaired) electrons. The van der Waals surface area contributed by atoms with Crippen LogP contribution in [-0.2, 0) is 16.6 Å². The lowest BCUT2D eigenvalue weighted by Crippen LogP contribution is -2.26. The molecule has 0 saturated carbocycles. The number of thiophene rings is 1. The highest BCUT2D eigenvalue weighted by atomic mass is 32.2. The minimum atomic E-state index is -3.13. The Hall–Kier alpha value is -1.81. The van der Waals surface area contributed by atoms with Crippen molar-refractivity contribution in [1.29, 1.82) is 0 Å². The average Bonchev–Trinajstić information content (AvgIpc) is 2.98. The fourth-order valence-corrected chi connectivity index (χ4v) is 3.67. The maximum absolute atomic E-state index is 11.1. The van der Waals surface area contributed by atoms with E-state index in [9.17, 15) is 18.5 Å². The van der Waals surface area contributed by atoms with Gasteiger partial charge in [-0.05, 0) is 31.2 Å². The fourth-order valence-electron chi connectivity index (χ4n) is 2.14. The van der Waals surface area contributed by atoms with Crippen molar-refractivity contribution in [3.8, 4) is 10.4 Å². The van der Waals surface area contributed by atoms with Gasteiger partial charge in [0.25, 0.3) is 5.69 Å². The Bertz CT molecular complexity index is 803. The van der Waals surface area contributed by atoms with E-state index in [0.29, 0.717) is 31.6 Å². The third kappa shape index (κ3) is 5.68. The summed E-state index contributed by atoms with van der Waals surface area (Å²) in [4.78, 5) is 12.6. The zero-order chi connectivity index (χ0) is 17.6. The molecule has 24 heavy (non-hydrogen) atoms. The number of hydrogen-bond acceptors (Lipinski definition) is 6. The molecule has 0 amide bonds. The first kappa shape index (κ1) is 18.5. The van der Waals surface area contributed by atoms with Gasteiger partial charge < -0.3 is 5.32 Å². The van der Waals surface area contributed by atoms with E-state index in [2.05, 4.69) is 10.0 Å². The summed E-state index contributed by atoms with van der Waals surface area (Å²) in [6, 6.07) is 10.5. The second kappa shape index (κ2) is 8.34. The van der Waals surface area contributed by atoms with Crippen LogP contribution in [-0.4, -0.2) is 32.7 Å². The standard InChI is InChI=1S/C15H19N3O4S2/c1-24(21,22)17-10-4-9-16-11-12-7-8-15(23-12)13-5-2-3-6-14(13)18(19)20/h2-3,5-8,16-17H,4,9-11H2,1H3. The first-order valence-corrected chi connectivity index (χ1v) is 10.1. The summed E-state index contributed by atoms with van der Waals surface area (Å²) < 4.78 is 24.3. The molecule has 0 aliphatic heterocycles. The summed E-state index contributed by atoms with van der Waals surface area (Å²) in [5.41, 5.74) is 0.724. The summed E-state index contributed by atoms with van der Waals surface area (Å²) in [5, 5.41) is 14.3. The fraction of sp³-hybridized carbons (Fsp3) is 0.333. The number of nitrogens with zero attached hydrogens (tertiary/aromatic N) is 1. The highest BCUT2D eigenvalue weighted by Gasteiger charge is 2.15. The minimum absolute atomic E-state index is 0.103. The topological polar surface area (TPSA) is 101 Å². The normalized spacial score (nSPS) is 11.5. The van der Waals surface area contributed by atoms with Crippen molar-refractivity contribution < 1.29 is 13.3 Å². The van der Waals surface area contributed by atoms with Crippen LogP contribution in [0.25, 0.3) is 10.4 Å². The zero-order valence-corrected chi connectivity index (χ0v) is 14.8. The number of nitro benzene ring substituents is 1. The summed E-state index contributed by atoms with van der Waals surface area (Å²) >= 11 is 1.51. The van der Waals surface area contributed by atoms with Crippen LogP contribution in [0.2, 0.25) is 0 Å². The maximum atomic E-state index is 11.1. The van der Waals surface area contributed by atoms with Crippen LogP contribution in [0.5, 0.6) is 0 Å². The molecule has 0 saturated heterocycles. The van der Waals surface area contributed by atoms with Gasteiger partial charge in [-0.15, -0.1) is 11.3 Å². The van der Waals surface area contributed by atoms with Gasteiger partial charge in [0.05, 0.1) is 16.7 Å². The molecule has 1 aromatic heterocycles. The predicted octanol–water partition coefficient (Wildman–Crippen LogP) is 2.35. The molecule has 0 fully saturated rings. The van der Waals surface area contributed by atoms with E-state index in [1.807, 2.05) is 12.1 Å². The Morgan fingerprint density at radius 3 is 2.62 bits per heavy atom. The van der Waals surface area contributed by atoms with Gasteiger partial charge in [-0.3, -0.25) is 10.1 Å². The van der Waals surface area contributed by atoms with Crippen molar-refractivity contribution in [1.82, 2.24) is 10.0 Å². The van der Waals surface area contributed by atoms with Gasteiger partial charge >= 0.3 is 0 Å². The van der Waals surface area contributed by atoms with Gasteiger partial charge in [0.1, 0.15) is 0 Å². The number of sulfonamides is 1. The van der Waals surface area contributed by atoms with Crippen LogP contribution in [0.3, 0.4) is 0 Å². The van der Waals surface area contributed by atoms with Crippen LogP contribution in [0.4, 0.5) is 5.69 Å². The lowest BCUT2D eigenvalue weighted by molar-refractivity contribution is -0.384.